The van der Waals surface area contributed by atoms with Gasteiger partial charge in [-0.25, -0.2) is 0 Å². The lowest BCUT2D eigenvalue weighted by molar-refractivity contribution is 0.280. The Hall–Kier alpha value is -1.58. The number of rotatable bonds is 4. The molecule has 0 radical (unpaired) electrons. The Morgan fingerprint density at radius 3 is 2.47 bits per heavy atom. The summed E-state index contributed by atoms with van der Waals surface area (Å²) in [6.07, 6.45) is 1.43. The molecule has 0 aliphatic heterocycles. The number of phenolic OH excluding ortho intramolecular Hbond substituents is 1. The summed E-state index contributed by atoms with van der Waals surface area (Å²) in [6.45, 7) is 0.156. The Balaban J connectivity index is 2.44. The van der Waals surface area contributed by atoms with Gasteiger partial charge in [-0.3, -0.25) is 0 Å². The Kier molecular flexibility index (Phi) is 3.61. The van der Waals surface area contributed by atoms with Crippen molar-refractivity contribution in [2.75, 3.05) is 6.61 Å². The summed E-state index contributed by atoms with van der Waals surface area (Å²) < 4.78 is 0. The van der Waals surface area contributed by atoms with E-state index in [4.69, 9.17) is 10.8 Å². The largest absolute Gasteiger partial charge is 0.507 e. The predicted octanol–water partition coefficient (Wildman–Crippen LogP) is 2.32. The summed E-state index contributed by atoms with van der Waals surface area (Å²) >= 11 is 0. The molecule has 0 unspecified atom stereocenters. The molecule has 2 aromatic rings. The first-order valence-electron chi connectivity index (χ1n) is 5.81. The van der Waals surface area contributed by atoms with Crippen molar-refractivity contribution < 1.29 is 10.2 Å². The Bertz CT molecular complexity index is 511. The lowest BCUT2D eigenvalue weighted by Crippen LogP contribution is -2.11. The second-order valence-corrected chi connectivity index (χ2v) is 4.19. The van der Waals surface area contributed by atoms with Gasteiger partial charge in [0.1, 0.15) is 5.75 Å². The zero-order valence-electron chi connectivity index (χ0n) is 9.63. The molecule has 0 heterocycles. The highest BCUT2D eigenvalue weighted by Crippen LogP contribution is 2.31. The maximum absolute atomic E-state index is 9.77. The third kappa shape index (κ3) is 2.40. The van der Waals surface area contributed by atoms with Crippen molar-refractivity contribution in [1.82, 2.24) is 0 Å². The number of hydrogen-bond donors (Lipinski definition) is 3. The molecule has 2 aromatic carbocycles. The van der Waals surface area contributed by atoms with Crippen LogP contribution in [0.1, 0.15) is 24.4 Å². The summed E-state index contributed by atoms with van der Waals surface area (Å²) in [7, 11) is 0. The molecule has 4 N–H and O–H groups in total. The normalized spacial score (nSPS) is 12.8. The molecule has 17 heavy (non-hydrogen) atoms. The standard InChI is InChI=1S/C14H17NO2/c15-13(6-3-9-16)11-7-8-14(17)12-5-2-1-4-10(11)12/h1-2,4-5,7-8,13,16-17H,3,6,9,15H2/t13-/m0/s1. The van der Waals surface area contributed by atoms with Crippen LogP contribution in [0.25, 0.3) is 10.8 Å². The van der Waals surface area contributed by atoms with E-state index in [1.165, 1.54) is 0 Å². The van der Waals surface area contributed by atoms with Gasteiger partial charge in [-0.2, -0.15) is 0 Å². The molecule has 3 nitrogen and oxygen atoms in total. The van der Waals surface area contributed by atoms with E-state index >= 15 is 0 Å². The van der Waals surface area contributed by atoms with E-state index in [0.717, 1.165) is 22.8 Å². The highest BCUT2D eigenvalue weighted by atomic mass is 16.3. The maximum Gasteiger partial charge on any atom is 0.123 e. The first-order chi connectivity index (χ1) is 8.24. The molecular weight excluding hydrogens is 214 g/mol. The molecule has 0 saturated carbocycles. The summed E-state index contributed by atoms with van der Waals surface area (Å²) in [6, 6.07) is 11.1. The minimum atomic E-state index is -0.104. The topological polar surface area (TPSA) is 66.5 Å². The van der Waals surface area contributed by atoms with Crippen molar-refractivity contribution in [1.29, 1.82) is 0 Å². The van der Waals surface area contributed by atoms with Crippen molar-refractivity contribution in [2.24, 2.45) is 5.73 Å². The number of aromatic hydroxyl groups is 1. The van der Waals surface area contributed by atoms with E-state index in [1.54, 1.807) is 6.07 Å². The monoisotopic (exact) mass is 231 g/mol. The molecule has 0 bridgehead atoms. The molecule has 1 atom stereocenters. The van der Waals surface area contributed by atoms with Gasteiger partial charge >= 0.3 is 0 Å². The predicted molar refractivity (Wildman–Crippen MR) is 68.9 cm³/mol. The van der Waals surface area contributed by atoms with E-state index in [0.29, 0.717) is 6.42 Å². The first kappa shape index (κ1) is 11.9. The number of nitrogens with two attached hydrogens (primary N) is 1. The number of benzene rings is 2. The zero-order chi connectivity index (χ0) is 12.3. The molecular formula is C14H17NO2. The van der Waals surface area contributed by atoms with Crippen molar-refractivity contribution >= 4 is 10.8 Å². The highest BCUT2D eigenvalue weighted by Gasteiger charge is 2.11. The quantitative estimate of drug-likeness (QED) is 0.756. The number of fused-ring (bicyclic) bond motifs is 1. The summed E-state index contributed by atoms with van der Waals surface area (Å²) in [4.78, 5) is 0. The molecule has 0 amide bonds. The third-order valence-corrected chi connectivity index (χ3v) is 3.01. The second kappa shape index (κ2) is 5.17. The van der Waals surface area contributed by atoms with Crippen molar-refractivity contribution in [2.45, 2.75) is 18.9 Å². The van der Waals surface area contributed by atoms with Gasteiger partial charge in [0, 0.05) is 18.0 Å². The molecule has 3 heteroatoms. The van der Waals surface area contributed by atoms with Crippen LogP contribution in [0.4, 0.5) is 0 Å². The molecule has 0 aromatic heterocycles. The van der Waals surface area contributed by atoms with Crippen molar-refractivity contribution in [3.63, 3.8) is 0 Å². The number of phenols is 1. The molecule has 0 fully saturated rings. The van der Waals surface area contributed by atoms with Gasteiger partial charge in [0.05, 0.1) is 0 Å². The molecule has 0 aliphatic rings. The van der Waals surface area contributed by atoms with E-state index < -0.39 is 0 Å². The van der Waals surface area contributed by atoms with Crippen LogP contribution in [0.3, 0.4) is 0 Å². The second-order valence-electron chi connectivity index (χ2n) is 4.19. The van der Waals surface area contributed by atoms with Gasteiger partial charge < -0.3 is 15.9 Å². The Morgan fingerprint density at radius 2 is 1.76 bits per heavy atom. The third-order valence-electron chi connectivity index (χ3n) is 3.01. The fourth-order valence-electron chi connectivity index (χ4n) is 2.10. The van der Waals surface area contributed by atoms with E-state index in [-0.39, 0.29) is 18.4 Å². The summed E-state index contributed by atoms with van der Waals surface area (Å²) in [5, 5.41) is 20.4. The molecule has 90 valence electrons. The van der Waals surface area contributed by atoms with E-state index in [1.807, 2.05) is 30.3 Å². The van der Waals surface area contributed by atoms with E-state index in [2.05, 4.69) is 0 Å². The number of aliphatic hydroxyl groups excluding tert-OH is 1. The lowest BCUT2D eigenvalue weighted by Gasteiger charge is -2.14. The smallest absolute Gasteiger partial charge is 0.123 e. The Morgan fingerprint density at radius 1 is 1.06 bits per heavy atom. The SMILES string of the molecule is N[C@@H](CCCO)c1ccc(O)c2ccccc12. The van der Waals surface area contributed by atoms with Crippen molar-refractivity contribution in [3.8, 4) is 5.75 Å². The zero-order valence-corrected chi connectivity index (χ0v) is 9.63. The molecule has 0 aliphatic carbocycles. The fraction of sp³-hybridized carbons (Fsp3) is 0.286. The average Bonchev–Trinajstić information content (AvgIpc) is 2.37. The van der Waals surface area contributed by atoms with Crippen LogP contribution in [0.5, 0.6) is 5.75 Å². The van der Waals surface area contributed by atoms with Crippen LogP contribution in [0.15, 0.2) is 36.4 Å². The van der Waals surface area contributed by atoms with Gasteiger partial charge in [-0.1, -0.05) is 30.3 Å². The van der Waals surface area contributed by atoms with Crippen LogP contribution < -0.4 is 5.73 Å². The number of aliphatic hydroxyl groups is 1. The van der Waals surface area contributed by atoms with Gasteiger partial charge in [-0.05, 0) is 29.9 Å². The van der Waals surface area contributed by atoms with E-state index in [9.17, 15) is 5.11 Å². The van der Waals surface area contributed by atoms with Crippen LogP contribution in [-0.2, 0) is 0 Å². The minimum absolute atomic E-state index is 0.104. The summed E-state index contributed by atoms with van der Waals surface area (Å²) in [5.41, 5.74) is 7.12. The summed E-state index contributed by atoms with van der Waals surface area (Å²) in [5.74, 6) is 0.277. The van der Waals surface area contributed by atoms with Crippen LogP contribution in [0.2, 0.25) is 0 Å². The van der Waals surface area contributed by atoms with Crippen LogP contribution in [-0.4, -0.2) is 16.8 Å². The molecule has 2 rings (SSSR count). The molecule has 0 saturated heterocycles. The minimum Gasteiger partial charge on any atom is -0.507 e. The number of hydrogen-bond acceptors (Lipinski definition) is 3. The Labute approximate surface area is 101 Å². The highest BCUT2D eigenvalue weighted by molar-refractivity contribution is 5.91. The first-order valence-corrected chi connectivity index (χ1v) is 5.81. The lowest BCUT2D eigenvalue weighted by atomic mass is 9.96. The van der Waals surface area contributed by atoms with Crippen molar-refractivity contribution in [3.05, 3.63) is 42.0 Å². The average molecular weight is 231 g/mol. The maximum atomic E-state index is 9.77. The van der Waals surface area contributed by atoms with Crippen LogP contribution in [0, 0.1) is 0 Å². The molecule has 0 spiro atoms. The van der Waals surface area contributed by atoms with Gasteiger partial charge in [0.2, 0.25) is 0 Å². The van der Waals surface area contributed by atoms with Gasteiger partial charge in [0.25, 0.3) is 0 Å². The van der Waals surface area contributed by atoms with Crippen LogP contribution >= 0.6 is 0 Å². The van der Waals surface area contributed by atoms with Gasteiger partial charge in [0.15, 0.2) is 0 Å². The fourth-order valence-corrected chi connectivity index (χ4v) is 2.10. The van der Waals surface area contributed by atoms with Gasteiger partial charge in [-0.15, -0.1) is 0 Å².